The number of aromatic hydroxyl groups is 1. The maximum absolute atomic E-state index is 9.22. The van der Waals surface area contributed by atoms with Gasteiger partial charge in [0, 0.05) is 5.56 Å². The highest BCUT2D eigenvalue weighted by Gasteiger charge is 2.20. The molecule has 1 unspecified atom stereocenters. The fourth-order valence-electron chi connectivity index (χ4n) is 2.12. The average Bonchev–Trinajstić information content (AvgIpc) is 3.00. The van der Waals surface area contributed by atoms with Crippen LogP contribution in [-0.2, 0) is 0 Å². The van der Waals surface area contributed by atoms with Crippen LogP contribution in [0, 0.1) is 0 Å². The first kappa shape index (κ1) is 10.4. The van der Waals surface area contributed by atoms with Crippen LogP contribution in [0.1, 0.15) is 24.6 Å². The van der Waals surface area contributed by atoms with Crippen LogP contribution in [0.4, 0.5) is 0 Å². The molecule has 0 saturated carbocycles. The molecule has 0 amide bonds. The van der Waals surface area contributed by atoms with Crippen LogP contribution in [0.5, 0.6) is 5.75 Å². The van der Waals surface area contributed by atoms with Gasteiger partial charge in [0.2, 0.25) is 5.89 Å². The molecule has 2 aromatic rings. The highest BCUT2D eigenvalue weighted by molar-refractivity contribution is 5.54. The fraction of sp³-hybridized carbons (Fsp3) is 0.308. The lowest BCUT2D eigenvalue weighted by Crippen LogP contribution is -2.12. The maximum Gasteiger partial charge on any atom is 0.226 e. The number of hydrogen-bond acceptors (Lipinski definition) is 4. The first-order chi connectivity index (χ1) is 8.33. The number of nitrogens with one attached hydrogen (secondary N) is 1. The van der Waals surface area contributed by atoms with Crippen LogP contribution < -0.4 is 5.32 Å². The Morgan fingerprint density at radius 2 is 2.12 bits per heavy atom. The zero-order chi connectivity index (χ0) is 11.7. The second-order valence-electron chi connectivity index (χ2n) is 4.27. The lowest BCUT2D eigenvalue weighted by atomic mass is 10.2. The van der Waals surface area contributed by atoms with Crippen molar-refractivity contribution in [2.24, 2.45) is 0 Å². The summed E-state index contributed by atoms with van der Waals surface area (Å²) >= 11 is 0. The Kier molecular flexibility index (Phi) is 2.57. The number of hydrogen-bond donors (Lipinski definition) is 2. The molecule has 1 aromatic carbocycles. The van der Waals surface area contributed by atoms with E-state index in [0.29, 0.717) is 11.9 Å². The normalized spacial score (nSPS) is 19.6. The van der Waals surface area contributed by atoms with Crippen LogP contribution in [0.15, 0.2) is 34.9 Å². The Morgan fingerprint density at radius 3 is 2.82 bits per heavy atom. The van der Waals surface area contributed by atoms with Crippen molar-refractivity contribution < 1.29 is 9.52 Å². The van der Waals surface area contributed by atoms with Gasteiger partial charge < -0.3 is 14.8 Å². The Labute approximate surface area is 99.3 Å². The summed E-state index contributed by atoms with van der Waals surface area (Å²) in [5.74, 6) is 0.853. The van der Waals surface area contributed by atoms with Gasteiger partial charge in [-0.25, -0.2) is 4.98 Å². The monoisotopic (exact) mass is 230 g/mol. The first-order valence-electron chi connectivity index (χ1n) is 5.81. The number of oxazole rings is 1. The van der Waals surface area contributed by atoms with Gasteiger partial charge in [-0.15, -0.1) is 0 Å². The van der Waals surface area contributed by atoms with E-state index < -0.39 is 0 Å². The van der Waals surface area contributed by atoms with Gasteiger partial charge in [0.1, 0.15) is 12.0 Å². The van der Waals surface area contributed by atoms with Gasteiger partial charge in [0.05, 0.1) is 11.7 Å². The fourth-order valence-corrected chi connectivity index (χ4v) is 2.12. The predicted molar refractivity (Wildman–Crippen MR) is 63.6 cm³/mol. The number of aromatic nitrogens is 1. The summed E-state index contributed by atoms with van der Waals surface area (Å²) in [4.78, 5) is 4.48. The van der Waals surface area contributed by atoms with Crippen molar-refractivity contribution in [2.75, 3.05) is 6.54 Å². The summed E-state index contributed by atoms with van der Waals surface area (Å²) in [6, 6.07) is 7.18. The molecule has 0 radical (unpaired) electrons. The van der Waals surface area contributed by atoms with Crippen molar-refractivity contribution in [3.63, 3.8) is 0 Å². The Hall–Kier alpha value is -1.81. The Balaban J connectivity index is 1.86. The molecule has 2 N–H and O–H groups in total. The summed E-state index contributed by atoms with van der Waals surface area (Å²) in [6.45, 7) is 1.05. The lowest BCUT2D eigenvalue weighted by Gasteiger charge is -2.03. The van der Waals surface area contributed by atoms with Gasteiger partial charge >= 0.3 is 0 Å². The van der Waals surface area contributed by atoms with Crippen molar-refractivity contribution in [2.45, 2.75) is 18.9 Å². The number of nitrogens with zero attached hydrogens (tertiary/aromatic N) is 1. The van der Waals surface area contributed by atoms with Crippen LogP contribution in [-0.4, -0.2) is 16.6 Å². The van der Waals surface area contributed by atoms with E-state index in [1.807, 2.05) is 0 Å². The van der Waals surface area contributed by atoms with Crippen molar-refractivity contribution >= 4 is 0 Å². The largest absolute Gasteiger partial charge is 0.508 e. The van der Waals surface area contributed by atoms with Gasteiger partial charge in [-0.2, -0.15) is 0 Å². The third-order valence-electron chi connectivity index (χ3n) is 3.05. The molecule has 1 saturated heterocycles. The van der Waals surface area contributed by atoms with E-state index >= 15 is 0 Å². The highest BCUT2D eigenvalue weighted by Crippen LogP contribution is 2.26. The molecule has 4 heteroatoms. The second kappa shape index (κ2) is 4.22. The van der Waals surface area contributed by atoms with E-state index in [4.69, 9.17) is 4.42 Å². The second-order valence-corrected chi connectivity index (χ2v) is 4.27. The molecule has 0 aliphatic carbocycles. The van der Waals surface area contributed by atoms with E-state index in [1.165, 1.54) is 6.42 Å². The van der Waals surface area contributed by atoms with Gasteiger partial charge in [-0.3, -0.25) is 0 Å². The van der Waals surface area contributed by atoms with Gasteiger partial charge in [-0.05, 0) is 43.7 Å². The van der Waals surface area contributed by atoms with Crippen molar-refractivity contribution in [1.29, 1.82) is 0 Å². The molecule has 2 heterocycles. The molecule has 17 heavy (non-hydrogen) atoms. The summed E-state index contributed by atoms with van der Waals surface area (Å²) in [5, 5.41) is 12.6. The molecular formula is C13H14N2O2. The molecule has 0 bridgehead atoms. The van der Waals surface area contributed by atoms with Crippen LogP contribution in [0.25, 0.3) is 11.5 Å². The quantitative estimate of drug-likeness (QED) is 0.832. The molecule has 1 aliphatic rings. The van der Waals surface area contributed by atoms with E-state index in [9.17, 15) is 5.11 Å². The van der Waals surface area contributed by atoms with Crippen LogP contribution >= 0.6 is 0 Å². The smallest absolute Gasteiger partial charge is 0.226 e. The summed E-state index contributed by atoms with van der Waals surface area (Å²) in [5.41, 5.74) is 1.85. The van der Waals surface area contributed by atoms with E-state index in [2.05, 4.69) is 10.3 Å². The third kappa shape index (κ3) is 2.03. The molecule has 1 atom stereocenters. The Morgan fingerprint density at radius 1 is 1.29 bits per heavy atom. The standard InChI is InChI=1S/C13H14N2O2/c16-10-5-3-9(4-6-10)13-15-12(8-17-13)11-2-1-7-14-11/h3-6,8,11,14,16H,1-2,7H2. The molecule has 0 spiro atoms. The SMILES string of the molecule is Oc1ccc(-c2nc(C3CCCN3)co2)cc1. The molecule has 1 aromatic heterocycles. The number of phenols is 1. The number of benzene rings is 1. The lowest BCUT2D eigenvalue weighted by molar-refractivity contribution is 0.475. The maximum atomic E-state index is 9.22. The predicted octanol–water partition coefficient (Wildman–Crippen LogP) is 2.47. The van der Waals surface area contributed by atoms with Crippen LogP contribution in [0.2, 0.25) is 0 Å². The number of phenolic OH excluding ortho intramolecular Hbond substituents is 1. The summed E-state index contributed by atoms with van der Waals surface area (Å²) in [7, 11) is 0. The molecule has 88 valence electrons. The highest BCUT2D eigenvalue weighted by atomic mass is 16.3. The molecule has 4 nitrogen and oxygen atoms in total. The van der Waals surface area contributed by atoms with Crippen molar-refractivity contribution in [3.05, 3.63) is 36.2 Å². The van der Waals surface area contributed by atoms with Crippen molar-refractivity contribution in [1.82, 2.24) is 10.3 Å². The first-order valence-corrected chi connectivity index (χ1v) is 5.81. The zero-order valence-corrected chi connectivity index (χ0v) is 9.39. The van der Waals surface area contributed by atoms with Gasteiger partial charge in [0.15, 0.2) is 0 Å². The van der Waals surface area contributed by atoms with Crippen molar-refractivity contribution in [3.8, 4) is 17.2 Å². The van der Waals surface area contributed by atoms with Gasteiger partial charge in [-0.1, -0.05) is 0 Å². The van der Waals surface area contributed by atoms with E-state index in [-0.39, 0.29) is 5.75 Å². The molecular weight excluding hydrogens is 216 g/mol. The molecule has 1 fully saturated rings. The minimum Gasteiger partial charge on any atom is -0.508 e. The molecule has 3 rings (SSSR count). The average molecular weight is 230 g/mol. The number of rotatable bonds is 2. The third-order valence-corrected chi connectivity index (χ3v) is 3.05. The summed E-state index contributed by atoms with van der Waals surface area (Å²) in [6.07, 6.45) is 4.01. The zero-order valence-electron chi connectivity index (χ0n) is 9.39. The molecule has 1 aliphatic heterocycles. The van der Waals surface area contributed by atoms with E-state index in [0.717, 1.165) is 24.2 Å². The van der Waals surface area contributed by atoms with Crippen LogP contribution in [0.3, 0.4) is 0 Å². The minimum atomic E-state index is 0.248. The van der Waals surface area contributed by atoms with Gasteiger partial charge in [0.25, 0.3) is 0 Å². The topological polar surface area (TPSA) is 58.3 Å². The minimum absolute atomic E-state index is 0.248. The Bertz CT molecular complexity index is 498. The van der Waals surface area contributed by atoms with E-state index in [1.54, 1.807) is 30.5 Å². The summed E-state index contributed by atoms with van der Waals surface area (Å²) < 4.78 is 5.47.